The third kappa shape index (κ3) is 4.82. The van der Waals surface area contributed by atoms with E-state index in [1.165, 1.54) is 0 Å². The molecule has 0 radical (unpaired) electrons. The molecule has 1 aliphatic carbocycles. The first kappa shape index (κ1) is 15.4. The third-order valence-corrected chi connectivity index (χ3v) is 3.68. The van der Waals surface area contributed by atoms with E-state index in [2.05, 4.69) is 10.3 Å². The molecule has 0 bridgehead atoms. The summed E-state index contributed by atoms with van der Waals surface area (Å²) in [5.74, 6) is -1.33. The minimum atomic E-state index is -0.970. The molecule has 6 nitrogen and oxygen atoms in total. The van der Waals surface area contributed by atoms with Gasteiger partial charge in [0.1, 0.15) is 12.6 Å². The van der Waals surface area contributed by atoms with Crippen LogP contribution in [0.3, 0.4) is 0 Å². The zero-order chi connectivity index (χ0) is 15.1. The van der Waals surface area contributed by atoms with E-state index in [9.17, 15) is 14.7 Å². The molecular formula is C15H20N2O4. The minimum absolute atomic E-state index is 0.0322. The van der Waals surface area contributed by atoms with Crippen molar-refractivity contribution in [1.29, 1.82) is 0 Å². The van der Waals surface area contributed by atoms with E-state index in [4.69, 9.17) is 4.74 Å². The largest absolute Gasteiger partial charge is 0.480 e. The Hall–Kier alpha value is -1.95. The summed E-state index contributed by atoms with van der Waals surface area (Å²) in [6.07, 6.45) is 7.09. The number of aromatic nitrogens is 1. The van der Waals surface area contributed by atoms with Crippen molar-refractivity contribution in [1.82, 2.24) is 10.3 Å². The molecule has 1 aromatic rings. The van der Waals surface area contributed by atoms with Gasteiger partial charge in [0.2, 0.25) is 5.91 Å². The first-order chi connectivity index (χ1) is 10.2. The highest BCUT2D eigenvalue weighted by Crippen LogP contribution is 2.27. The number of carbonyl (C=O) groups excluding carboxylic acids is 1. The summed E-state index contributed by atoms with van der Waals surface area (Å²) in [5.41, 5.74) is 0.871. The Morgan fingerprint density at radius 1 is 1.43 bits per heavy atom. The van der Waals surface area contributed by atoms with Crippen LogP contribution >= 0.6 is 0 Å². The van der Waals surface area contributed by atoms with Gasteiger partial charge < -0.3 is 15.2 Å². The molecule has 1 aliphatic rings. The maximum Gasteiger partial charge on any atom is 0.326 e. The smallest absolute Gasteiger partial charge is 0.326 e. The van der Waals surface area contributed by atoms with Gasteiger partial charge in [-0.05, 0) is 30.4 Å². The molecule has 21 heavy (non-hydrogen) atoms. The van der Waals surface area contributed by atoms with Gasteiger partial charge in [0.05, 0.1) is 6.61 Å². The predicted octanol–water partition coefficient (Wildman–Crippen LogP) is 1.36. The lowest BCUT2D eigenvalue weighted by Gasteiger charge is -2.20. The molecule has 1 fully saturated rings. The number of nitrogens with one attached hydrogen (secondary N) is 1. The van der Waals surface area contributed by atoms with Gasteiger partial charge in [-0.15, -0.1) is 0 Å². The second-order valence-corrected chi connectivity index (χ2v) is 5.28. The predicted molar refractivity (Wildman–Crippen MR) is 75.4 cm³/mol. The quantitative estimate of drug-likeness (QED) is 0.792. The van der Waals surface area contributed by atoms with Crippen LogP contribution in [-0.4, -0.2) is 34.6 Å². The molecule has 114 valence electrons. The summed E-state index contributed by atoms with van der Waals surface area (Å²) in [4.78, 5) is 27.0. The maximum atomic E-state index is 11.8. The van der Waals surface area contributed by atoms with Crippen LogP contribution in [0.15, 0.2) is 24.5 Å². The van der Waals surface area contributed by atoms with E-state index < -0.39 is 17.9 Å². The number of carboxylic acids is 1. The number of hydrogen-bond donors (Lipinski definition) is 2. The molecule has 1 unspecified atom stereocenters. The number of carboxylic acid groups (broad SMARTS) is 1. The van der Waals surface area contributed by atoms with E-state index in [1.807, 2.05) is 6.07 Å². The Kier molecular flexibility index (Phi) is 5.68. The first-order valence-corrected chi connectivity index (χ1v) is 7.15. The van der Waals surface area contributed by atoms with Crippen LogP contribution in [0.5, 0.6) is 0 Å². The monoisotopic (exact) mass is 292 g/mol. The second kappa shape index (κ2) is 7.73. The van der Waals surface area contributed by atoms with E-state index in [-0.39, 0.29) is 19.1 Å². The number of aliphatic carboxylic acids is 1. The van der Waals surface area contributed by atoms with Crippen molar-refractivity contribution >= 4 is 11.9 Å². The number of amides is 1. The summed E-state index contributed by atoms with van der Waals surface area (Å²) in [7, 11) is 0. The molecular weight excluding hydrogens is 272 g/mol. The normalized spacial score (nSPS) is 16.6. The van der Waals surface area contributed by atoms with Gasteiger partial charge in [0, 0.05) is 12.4 Å². The SMILES string of the molecule is O=C(COCc1cccnc1)NC(C(=O)O)C1CCCC1. The highest BCUT2D eigenvalue weighted by Gasteiger charge is 2.31. The molecule has 1 atom stereocenters. The number of carbonyl (C=O) groups is 2. The summed E-state index contributed by atoms with van der Waals surface area (Å²) >= 11 is 0. The van der Waals surface area contributed by atoms with Crippen molar-refractivity contribution in [2.24, 2.45) is 5.92 Å². The Labute approximate surface area is 123 Å². The van der Waals surface area contributed by atoms with Gasteiger partial charge >= 0.3 is 5.97 Å². The number of nitrogens with zero attached hydrogens (tertiary/aromatic N) is 1. The van der Waals surface area contributed by atoms with E-state index in [0.717, 1.165) is 31.2 Å². The van der Waals surface area contributed by atoms with E-state index >= 15 is 0 Å². The summed E-state index contributed by atoms with van der Waals surface area (Å²) < 4.78 is 5.28. The first-order valence-electron chi connectivity index (χ1n) is 7.15. The van der Waals surface area contributed by atoms with Crippen LogP contribution < -0.4 is 5.32 Å². The average Bonchev–Trinajstić information content (AvgIpc) is 2.99. The zero-order valence-electron chi connectivity index (χ0n) is 11.8. The lowest BCUT2D eigenvalue weighted by Crippen LogP contribution is -2.46. The molecule has 1 aromatic heterocycles. The standard InChI is InChI=1S/C15H20N2O4/c18-13(10-21-9-11-4-3-7-16-8-11)17-14(15(19)20)12-5-1-2-6-12/h3-4,7-8,12,14H,1-2,5-6,9-10H2,(H,17,18)(H,19,20). The van der Waals surface area contributed by atoms with Crippen molar-refractivity contribution in [2.75, 3.05) is 6.61 Å². The van der Waals surface area contributed by atoms with Crippen molar-refractivity contribution < 1.29 is 19.4 Å². The topological polar surface area (TPSA) is 88.5 Å². The van der Waals surface area contributed by atoms with Crippen LogP contribution in [0.2, 0.25) is 0 Å². The Bertz CT molecular complexity index is 472. The van der Waals surface area contributed by atoms with Gasteiger partial charge in [-0.3, -0.25) is 9.78 Å². The van der Waals surface area contributed by atoms with E-state index in [0.29, 0.717) is 0 Å². The number of ether oxygens (including phenoxy) is 1. The molecule has 0 aliphatic heterocycles. The number of rotatable bonds is 7. The summed E-state index contributed by atoms with van der Waals surface area (Å²) in [5, 5.41) is 11.8. The molecule has 1 heterocycles. The highest BCUT2D eigenvalue weighted by atomic mass is 16.5. The fourth-order valence-corrected chi connectivity index (χ4v) is 2.63. The molecule has 2 N–H and O–H groups in total. The molecule has 1 saturated carbocycles. The molecule has 6 heteroatoms. The lowest BCUT2D eigenvalue weighted by atomic mass is 9.98. The number of pyridine rings is 1. The fourth-order valence-electron chi connectivity index (χ4n) is 2.63. The fraction of sp³-hybridized carbons (Fsp3) is 0.533. The van der Waals surface area contributed by atoms with Crippen molar-refractivity contribution in [3.63, 3.8) is 0 Å². The Morgan fingerprint density at radius 3 is 2.81 bits per heavy atom. The van der Waals surface area contributed by atoms with Crippen LogP contribution in [0.4, 0.5) is 0 Å². The van der Waals surface area contributed by atoms with Crippen molar-refractivity contribution in [2.45, 2.75) is 38.3 Å². The molecule has 0 saturated heterocycles. The molecule has 0 spiro atoms. The van der Waals surface area contributed by atoms with Crippen molar-refractivity contribution in [3.8, 4) is 0 Å². The maximum absolute atomic E-state index is 11.8. The average molecular weight is 292 g/mol. The zero-order valence-corrected chi connectivity index (χ0v) is 11.8. The second-order valence-electron chi connectivity index (χ2n) is 5.28. The molecule has 0 aromatic carbocycles. The minimum Gasteiger partial charge on any atom is -0.480 e. The Morgan fingerprint density at radius 2 is 2.19 bits per heavy atom. The Balaban J connectivity index is 1.75. The van der Waals surface area contributed by atoms with Gasteiger partial charge in [0.15, 0.2) is 0 Å². The van der Waals surface area contributed by atoms with Gasteiger partial charge in [-0.2, -0.15) is 0 Å². The summed E-state index contributed by atoms with van der Waals surface area (Å²) in [6, 6.07) is 2.84. The lowest BCUT2D eigenvalue weighted by molar-refractivity contribution is -0.144. The highest BCUT2D eigenvalue weighted by molar-refractivity contribution is 5.84. The summed E-state index contributed by atoms with van der Waals surface area (Å²) in [6.45, 7) is 0.133. The van der Waals surface area contributed by atoms with Crippen molar-refractivity contribution in [3.05, 3.63) is 30.1 Å². The number of hydrogen-bond acceptors (Lipinski definition) is 4. The third-order valence-electron chi connectivity index (χ3n) is 3.68. The van der Waals surface area contributed by atoms with Crippen LogP contribution in [0.25, 0.3) is 0 Å². The van der Waals surface area contributed by atoms with E-state index in [1.54, 1.807) is 18.5 Å². The van der Waals surface area contributed by atoms with Crippen LogP contribution in [0.1, 0.15) is 31.2 Å². The van der Waals surface area contributed by atoms with Gasteiger partial charge in [-0.25, -0.2) is 4.79 Å². The van der Waals surface area contributed by atoms with Gasteiger partial charge in [0.25, 0.3) is 0 Å². The molecule has 2 rings (SSSR count). The van der Waals surface area contributed by atoms with Crippen LogP contribution in [-0.2, 0) is 20.9 Å². The van der Waals surface area contributed by atoms with Gasteiger partial charge in [-0.1, -0.05) is 18.9 Å². The molecule has 1 amide bonds. The van der Waals surface area contributed by atoms with Crippen LogP contribution in [0, 0.1) is 5.92 Å².